The highest BCUT2D eigenvalue weighted by Gasteiger charge is 2.39. The highest BCUT2D eigenvalue weighted by atomic mass is 35.5. The second kappa shape index (κ2) is 6.90. The zero-order valence-electron chi connectivity index (χ0n) is 13.0. The molecule has 1 fully saturated rings. The molecule has 1 saturated carbocycles. The Morgan fingerprint density at radius 1 is 1.43 bits per heavy atom. The Balaban J connectivity index is 0.00000192. The number of hydrogen-bond acceptors (Lipinski definition) is 6. The number of nitrogens with one attached hydrogen (secondary N) is 1. The van der Waals surface area contributed by atoms with Crippen LogP contribution in [0.25, 0.3) is 11.5 Å². The lowest BCUT2D eigenvalue weighted by Gasteiger charge is -2.34. The van der Waals surface area contributed by atoms with E-state index in [9.17, 15) is 4.79 Å². The van der Waals surface area contributed by atoms with Gasteiger partial charge < -0.3 is 15.6 Å². The van der Waals surface area contributed by atoms with Gasteiger partial charge in [-0.15, -0.1) is 24.2 Å². The first kappa shape index (κ1) is 17.8. The Bertz CT molecular complexity index is 715. The van der Waals surface area contributed by atoms with Crippen LogP contribution >= 0.6 is 24.2 Å². The zero-order chi connectivity index (χ0) is 15.7. The first-order chi connectivity index (χ1) is 10.5. The first-order valence-electron chi connectivity index (χ1n) is 7.11. The summed E-state index contributed by atoms with van der Waals surface area (Å²) >= 11 is 1.55. The van der Waals surface area contributed by atoms with Crippen LogP contribution in [0.4, 0.5) is 5.69 Å². The van der Waals surface area contributed by atoms with E-state index in [0.29, 0.717) is 11.7 Å². The molecule has 1 aromatic carbocycles. The van der Waals surface area contributed by atoms with Gasteiger partial charge in [0.1, 0.15) is 0 Å². The molecule has 1 aliphatic carbocycles. The molecule has 0 saturated heterocycles. The van der Waals surface area contributed by atoms with Crippen LogP contribution in [0.3, 0.4) is 0 Å². The summed E-state index contributed by atoms with van der Waals surface area (Å²) in [7, 11) is 0. The molecule has 1 aliphatic rings. The largest absolute Gasteiger partial charge is 0.334 e. The summed E-state index contributed by atoms with van der Waals surface area (Å²) in [6, 6.07) is 5.62. The van der Waals surface area contributed by atoms with Crippen molar-refractivity contribution in [1.29, 1.82) is 0 Å². The molecule has 0 aliphatic heterocycles. The number of nitrogens with zero attached hydrogens (tertiary/aromatic N) is 2. The molecular weight excluding hydrogens is 336 g/mol. The van der Waals surface area contributed by atoms with Crippen LogP contribution in [0.1, 0.15) is 32.0 Å². The van der Waals surface area contributed by atoms with Crippen LogP contribution in [0, 0.1) is 0 Å². The van der Waals surface area contributed by atoms with Gasteiger partial charge in [-0.2, -0.15) is 4.98 Å². The van der Waals surface area contributed by atoms with E-state index < -0.39 is 5.54 Å². The molecule has 0 spiro atoms. The highest BCUT2D eigenvalue weighted by molar-refractivity contribution is 7.98. The van der Waals surface area contributed by atoms with Gasteiger partial charge in [-0.3, -0.25) is 4.79 Å². The lowest BCUT2D eigenvalue weighted by molar-refractivity contribution is -0.114. The van der Waals surface area contributed by atoms with Gasteiger partial charge in [0.2, 0.25) is 5.91 Å². The number of hydrogen-bond donors (Lipinski definition) is 2. The van der Waals surface area contributed by atoms with Gasteiger partial charge in [-0.05, 0) is 43.7 Å². The van der Waals surface area contributed by atoms with Crippen LogP contribution in [-0.4, -0.2) is 22.3 Å². The van der Waals surface area contributed by atoms with E-state index in [4.69, 9.17) is 10.3 Å². The van der Waals surface area contributed by atoms with Gasteiger partial charge >= 0.3 is 0 Å². The van der Waals surface area contributed by atoms with Crippen LogP contribution in [-0.2, 0) is 10.3 Å². The van der Waals surface area contributed by atoms with E-state index in [-0.39, 0.29) is 18.3 Å². The molecule has 3 N–H and O–H groups in total. The number of carbonyl (C=O) groups is 1. The third-order valence-electron chi connectivity index (χ3n) is 3.88. The number of thioether (sulfide) groups is 1. The molecule has 1 amide bonds. The minimum Gasteiger partial charge on any atom is -0.334 e. The molecule has 0 atom stereocenters. The third kappa shape index (κ3) is 3.52. The van der Waals surface area contributed by atoms with Crippen molar-refractivity contribution in [2.24, 2.45) is 5.73 Å². The molecule has 124 valence electrons. The average Bonchev–Trinajstić information content (AvgIpc) is 2.94. The van der Waals surface area contributed by atoms with Crippen molar-refractivity contribution >= 4 is 35.8 Å². The van der Waals surface area contributed by atoms with Gasteiger partial charge in [0.05, 0.1) is 11.2 Å². The molecular formula is C15H19ClN4O2S. The second-order valence-corrected chi connectivity index (χ2v) is 6.38. The average molecular weight is 355 g/mol. The van der Waals surface area contributed by atoms with E-state index in [0.717, 1.165) is 35.4 Å². The Labute approximate surface area is 145 Å². The fraction of sp³-hybridized carbons (Fsp3) is 0.400. The molecule has 3 rings (SSSR count). The fourth-order valence-corrected chi connectivity index (χ4v) is 3.03. The third-order valence-corrected chi connectivity index (χ3v) is 4.65. The zero-order valence-corrected chi connectivity index (χ0v) is 14.6. The number of nitrogens with two attached hydrogens (primary N) is 1. The summed E-state index contributed by atoms with van der Waals surface area (Å²) in [5.74, 6) is 0.931. The summed E-state index contributed by atoms with van der Waals surface area (Å²) in [6.07, 6.45) is 4.84. The van der Waals surface area contributed by atoms with Crippen molar-refractivity contribution in [2.45, 2.75) is 36.6 Å². The van der Waals surface area contributed by atoms with Crippen LogP contribution in [0.15, 0.2) is 27.6 Å². The molecule has 0 radical (unpaired) electrons. The summed E-state index contributed by atoms with van der Waals surface area (Å²) in [6.45, 7) is 1.49. The number of aromatic nitrogens is 2. The van der Waals surface area contributed by atoms with Gasteiger partial charge in [0.25, 0.3) is 5.89 Å². The quantitative estimate of drug-likeness (QED) is 0.819. The fourth-order valence-electron chi connectivity index (χ4n) is 2.44. The number of benzene rings is 1. The van der Waals surface area contributed by atoms with Crippen LogP contribution in [0.2, 0.25) is 0 Å². The predicted molar refractivity (Wildman–Crippen MR) is 92.8 cm³/mol. The van der Waals surface area contributed by atoms with Crippen LogP contribution < -0.4 is 11.1 Å². The van der Waals surface area contributed by atoms with Crippen molar-refractivity contribution < 1.29 is 9.32 Å². The lowest BCUT2D eigenvalue weighted by Crippen LogP contribution is -2.44. The van der Waals surface area contributed by atoms with E-state index in [1.165, 1.54) is 6.92 Å². The monoisotopic (exact) mass is 354 g/mol. The van der Waals surface area contributed by atoms with E-state index in [1.807, 2.05) is 24.5 Å². The number of carbonyl (C=O) groups excluding carboxylic acids is 1. The standard InChI is InChI=1S/C15H18N4O2S.ClH/c1-9(20)17-11-5-4-10(8-12(11)22-2)13-18-14(19-21-13)15(16)6-3-7-15;/h4-5,8H,3,6-7,16H2,1-2H3,(H,17,20);1H. The maximum atomic E-state index is 11.2. The van der Waals surface area contributed by atoms with Crippen molar-refractivity contribution in [3.63, 3.8) is 0 Å². The number of amides is 1. The Morgan fingerprint density at radius 3 is 2.74 bits per heavy atom. The van der Waals surface area contributed by atoms with E-state index >= 15 is 0 Å². The van der Waals surface area contributed by atoms with Crippen molar-refractivity contribution in [3.05, 3.63) is 24.0 Å². The maximum Gasteiger partial charge on any atom is 0.258 e. The van der Waals surface area contributed by atoms with Gasteiger partial charge in [-0.1, -0.05) is 5.16 Å². The minimum absolute atomic E-state index is 0. The Kier molecular flexibility index (Phi) is 5.33. The molecule has 2 aromatic rings. The minimum atomic E-state index is -0.430. The van der Waals surface area contributed by atoms with Crippen molar-refractivity contribution in [2.75, 3.05) is 11.6 Å². The van der Waals surface area contributed by atoms with Crippen LogP contribution in [0.5, 0.6) is 0 Å². The lowest BCUT2D eigenvalue weighted by atomic mass is 9.77. The van der Waals surface area contributed by atoms with E-state index in [2.05, 4.69) is 15.5 Å². The Morgan fingerprint density at radius 2 is 2.17 bits per heavy atom. The second-order valence-electron chi connectivity index (χ2n) is 5.53. The molecule has 0 unspecified atom stereocenters. The maximum absolute atomic E-state index is 11.2. The number of anilines is 1. The summed E-state index contributed by atoms with van der Waals surface area (Å²) in [5.41, 5.74) is 7.38. The van der Waals surface area contributed by atoms with Gasteiger partial charge in [0, 0.05) is 17.4 Å². The van der Waals surface area contributed by atoms with Crippen molar-refractivity contribution in [1.82, 2.24) is 10.1 Å². The predicted octanol–water partition coefficient (Wildman–Crippen LogP) is 3.18. The molecule has 1 heterocycles. The molecule has 6 nitrogen and oxygen atoms in total. The van der Waals surface area contributed by atoms with Crippen molar-refractivity contribution in [3.8, 4) is 11.5 Å². The van der Waals surface area contributed by atoms with E-state index in [1.54, 1.807) is 11.8 Å². The molecule has 8 heteroatoms. The SMILES string of the molecule is CSc1cc(-c2nc(C3(N)CCC3)no2)ccc1NC(C)=O.Cl. The topological polar surface area (TPSA) is 94.0 Å². The molecule has 0 bridgehead atoms. The summed E-state index contributed by atoms with van der Waals surface area (Å²) in [5, 5.41) is 6.83. The normalized spacial score (nSPS) is 15.4. The smallest absolute Gasteiger partial charge is 0.258 e. The van der Waals surface area contributed by atoms with Gasteiger partial charge in [-0.25, -0.2) is 0 Å². The summed E-state index contributed by atoms with van der Waals surface area (Å²) in [4.78, 5) is 16.6. The molecule has 1 aromatic heterocycles. The van der Waals surface area contributed by atoms with Gasteiger partial charge in [0.15, 0.2) is 5.82 Å². The highest BCUT2D eigenvalue weighted by Crippen LogP contribution is 2.38. The Hall–Kier alpha value is -1.57. The first-order valence-corrected chi connectivity index (χ1v) is 8.33. The molecule has 23 heavy (non-hydrogen) atoms. The summed E-state index contributed by atoms with van der Waals surface area (Å²) < 4.78 is 5.36. The number of halogens is 1. The number of rotatable bonds is 4.